The van der Waals surface area contributed by atoms with Gasteiger partial charge in [0.2, 0.25) is 0 Å². The summed E-state index contributed by atoms with van der Waals surface area (Å²) in [6, 6.07) is 20.5. The zero-order chi connectivity index (χ0) is 51.0. The first-order valence-electron chi connectivity index (χ1n) is 23.2. The molecule has 71 heavy (non-hydrogen) atoms. The van der Waals surface area contributed by atoms with Crippen LogP contribution in [0.2, 0.25) is 0 Å². The van der Waals surface area contributed by atoms with Gasteiger partial charge in [-0.15, -0.1) is 0 Å². The highest BCUT2D eigenvalue weighted by atomic mass is 16.6. The molecule has 1 saturated carbocycles. The molecule has 0 aliphatic heterocycles. The predicted molar refractivity (Wildman–Crippen MR) is 255 cm³/mol. The molecule has 0 heterocycles. The SMILES string of the molecule is C=CC(=O)OCCCCOc1ccc(C(=O)Oc2ccc(OC(=O)C3CCC(C(=O)Oc4ccc(OC(=O)c5ccc(OCCCCOC(=O)C=C)cc5)c(C(=O)OCCCC)c4)CC3)cc2C=O)cc1. The maximum absolute atomic E-state index is 13.4. The maximum Gasteiger partial charge on any atom is 0.343 e. The average molecular weight is 977 g/mol. The summed E-state index contributed by atoms with van der Waals surface area (Å²) in [6.07, 6.45) is 7.71. The largest absolute Gasteiger partial charge is 0.494 e. The Kier molecular flexibility index (Phi) is 21.6. The lowest BCUT2D eigenvalue weighted by molar-refractivity contribution is -0.145. The van der Waals surface area contributed by atoms with E-state index in [9.17, 15) is 38.4 Å². The highest BCUT2D eigenvalue weighted by Crippen LogP contribution is 2.34. The lowest BCUT2D eigenvalue weighted by atomic mass is 9.82. The van der Waals surface area contributed by atoms with Crippen molar-refractivity contribution in [1.82, 2.24) is 0 Å². The minimum atomic E-state index is -0.776. The van der Waals surface area contributed by atoms with Gasteiger partial charge in [0.05, 0.1) is 61.6 Å². The van der Waals surface area contributed by atoms with Gasteiger partial charge in [-0.25, -0.2) is 24.0 Å². The fourth-order valence-corrected chi connectivity index (χ4v) is 6.89. The molecule has 0 aromatic heterocycles. The zero-order valence-electron chi connectivity index (χ0n) is 39.4. The fourth-order valence-electron chi connectivity index (χ4n) is 6.89. The fraction of sp³-hybridized carbons (Fsp3) is 0.333. The Bertz CT molecular complexity index is 2500. The van der Waals surface area contributed by atoms with Gasteiger partial charge < -0.3 is 42.6 Å². The van der Waals surface area contributed by atoms with E-state index in [0.717, 1.165) is 18.6 Å². The van der Waals surface area contributed by atoms with Crippen LogP contribution < -0.4 is 28.4 Å². The van der Waals surface area contributed by atoms with Crippen LogP contribution in [0.3, 0.4) is 0 Å². The van der Waals surface area contributed by atoms with E-state index in [-0.39, 0.29) is 65.1 Å². The molecule has 0 saturated heterocycles. The van der Waals surface area contributed by atoms with Crippen molar-refractivity contribution >= 4 is 48.1 Å². The molecule has 17 heteroatoms. The van der Waals surface area contributed by atoms with E-state index in [4.69, 9.17) is 42.6 Å². The quantitative estimate of drug-likeness (QED) is 0.0136. The van der Waals surface area contributed by atoms with E-state index in [1.807, 2.05) is 6.92 Å². The Balaban J connectivity index is 1.09. The number of aldehydes is 1. The summed E-state index contributed by atoms with van der Waals surface area (Å²) < 4.78 is 49.0. The number of carbonyl (C=O) groups is 8. The van der Waals surface area contributed by atoms with Crippen LogP contribution in [0.5, 0.6) is 34.5 Å². The van der Waals surface area contributed by atoms with Gasteiger partial charge in [0.1, 0.15) is 40.1 Å². The second-order valence-electron chi connectivity index (χ2n) is 16.0. The van der Waals surface area contributed by atoms with Crippen LogP contribution in [0.4, 0.5) is 0 Å². The molecule has 1 aliphatic carbocycles. The van der Waals surface area contributed by atoms with Crippen molar-refractivity contribution in [1.29, 1.82) is 0 Å². The van der Waals surface area contributed by atoms with Crippen molar-refractivity contribution in [2.75, 3.05) is 33.0 Å². The molecule has 5 rings (SSSR count). The monoisotopic (exact) mass is 976 g/mol. The molecular weight excluding hydrogens is 921 g/mol. The Morgan fingerprint density at radius 3 is 1.38 bits per heavy atom. The van der Waals surface area contributed by atoms with Gasteiger partial charge in [-0.1, -0.05) is 26.5 Å². The molecule has 17 nitrogen and oxygen atoms in total. The van der Waals surface area contributed by atoms with Crippen molar-refractivity contribution < 1.29 is 81.0 Å². The summed E-state index contributed by atoms with van der Waals surface area (Å²) >= 11 is 0. The van der Waals surface area contributed by atoms with Gasteiger partial charge in [-0.2, -0.15) is 0 Å². The number of hydrogen-bond donors (Lipinski definition) is 0. The molecule has 0 atom stereocenters. The number of carbonyl (C=O) groups excluding carboxylic acids is 8. The molecule has 4 aromatic carbocycles. The number of unbranched alkanes of at least 4 members (excludes halogenated alkanes) is 3. The summed E-state index contributed by atoms with van der Waals surface area (Å²) in [6.45, 7) is 9.97. The highest BCUT2D eigenvalue weighted by molar-refractivity contribution is 5.97. The Hall–Kier alpha value is -8.08. The van der Waals surface area contributed by atoms with Crippen LogP contribution in [0.25, 0.3) is 0 Å². The second kappa shape index (κ2) is 28.4. The third kappa shape index (κ3) is 17.4. The van der Waals surface area contributed by atoms with Crippen LogP contribution in [-0.4, -0.2) is 81.1 Å². The van der Waals surface area contributed by atoms with Crippen LogP contribution in [0.15, 0.2) is 110 Å². The Morgan fingerprint density at radius 2 is 0.915 bits per heavy atom. The average Bonchev–Trinajstić information content (AvgIpc) is 3.39. The number of hydrogen-bond acceptors (Lipinski definition) is 17. The van der Waals surface area contributed by atoms with Gasteiger partial charge >= 0.3 is 41.8 Å². The van der Waals surface area contributed by atoms with Crippen molar-refractivity contribution in [3.8, 4) is 34.5 Å². The Labute approximate surface area is 410 Å². The number of benzene rings is 4. The molecule has 374 valence electrons. The van der Waals surface area contributed by atoms with E-state index < -0.39 is 53.6 Å². The topological polar surface area (TPSA) is 220 Å². The van der Waals surface area contributed by atoms with Crippen LogP contribution >= 0.6 is 0 Å². The van der Waals surface area contributed by atoms with E-state index in [1.165, 1.54) is 60.7 Å². The molecule has 4 aromatic rings. The molecule has 0 amide bonds. The zero-order valence-corrected chi connectivity index (χ0v) is 39.4. The van der Waals surface area contributed by atoms with Crippen molar-refractivity contribution in [2.24, 2.45) is 11.8 Å². The molecule has 1 aliphatic rings. The molecule has 0 unspecified atom stereocenters. The molecule has 0 radical (unpaired) electrons. The summed E-state index contributed by atoms with van der Waals surface area (Å²) in [5, 5.41) is 0. The lowest BCUT2D eigenvalue weighted by Gasteiger charge is -2.26. The normalized spacial score (nSPS) is 13.8. The minimum absolute atomic E-state index is 0.0232. The lowest BCUT2D eigenvalue weighted by Crippen LogP contribution is -2.30. The van der Waals surface area contributed by atoms with Crippen LogP contribution in [0, 0.1) is 11.8 Å². The first-order chi connectivity index (χ1) is 34.4. The smallest absolute Gasteiger partial charge is 0.343 e. The molecule has 0 bridgehead atoms. The first kappa shape index (κ1) is 53.9. The molecule has 0 N–H and O–H groups in total. The van der Waals surface area contributed by atoms with E-state index in [0.29, 0.717) is 88.8 Å². The predicted octanol–water partition coefficient (Wildman–Crippen LogP) is 8.99. The summed E-state index contributed by atoms with van der Waals surface area (Å²) in [5.74, 6) is -4.53. The highest BCUT2D eigenvalue weighted by Gasteiger charge is 2.33. The third-order valence-electron chi connectivity index (χ3n) is 10.9. The van der Waals surface area contributed by atoms with Gasteiger partial charge in [-0.3, -0.25) is 14.4 Å². The molecule has 0 spiro atoms. The van der Waals surface area contributed by atoms with E-state index in [1.54, 1.807) is 24.3 Å². The third-order valence-corrected chi connectivity index (χ3v) is 10.9. The van der Waals surface area contributed by atoms with Gasteiger partial charge in [0.25, 0.3) is 0 Å². The molecule has 1 fully saturated rings. The van der Waals surface area contributed by atoms with Crippen LogP contribution in [-0.2, 0) is 33.4 Å². The van der Waals surface area contributed by atoms with Crippen LogP contribution in [0.1, 0.15) is 113 Å². The summed E-state index contributed by atoms with van der Waals surface area (Å²) in [4.78, 5) is 100. The maximum atomic E-state index is 13.4. The van der Waals surface area contributed by atoms with Crippen molar-refractivity contribution in [3.05, 3.63) is 132 Å². The van der Waals surface area contributed by atoms with E-state index in [2.05, 4.69) is 13.2 Å². The number of ether oxygens (including phenoxy) is 9. The minimum Gasteiger partial charge on any atom is -0.494 e. The van der Waals surface area contributed by atoms with E-state index >= 15 is 0 Å². The van der Waals surface area contributed by atoms with Crippen molar-refractivity contribution in [3.63, 3.8) is 0 Å². The first-order valence-corrected chi connectivity index (χ1v) is 23.2. The summed E-state index contributed by atoms with van der Waals surface area (Å²) in [5.41, 5.74) is 0.234. The van der Waals surface area contributed by atoms with Gasteiger partial charge in [0.15, 0.2) is 6.29 Å². The number of rotatable bonds is 27. The molecular formula is C54H56O17. The van der Waals surface area contributed by atoms with Crippen molar-refractivity contribution in [2.45, 2.75) is 71.1 Å². The summed E-state index contributed by atoms with van der Waals surface area (Å²) in [7, 11) is 0. The number of esters is 7. The van der Waals surface area contributed by atoms with Gasteiger partial charge in [0, 0.05) is 12.2 Å². The second-order valence-corrected chi connectivity index (χ2v) is 16.0. The standard InChI is InChI=1S/C54H56O17/c1-4-7-28-67-54(62)45-34-44(25-27-47(45)71-53(61)39-18-22-42(23-19-39)64-30-9-11-32-66-49(57)6-3)69-51(59)37-14-12-36(13-15-37)50(58)68-43-24-26-46(40(33-43)35-55)70-52(60)38-16-20-41(21-17-38)63-29-8-10-31-65-48(56)5-2/h5-6,16-27,33-37H,2-4,7-15,28-32H2,1H3. The van der Waals surface area contributed by atoms with Gasteiger partial charge in [-0.05, 0) is 143 Å². The Morgan fingerprint density at radius 1 is 0.493 bits per heavy atom.